The predicted octanol–water partition coefficient (Wildman–Crippen LogP) is 1.72. The molecular weight excluding hydrogens is 247 g/mol. The van der Waals surface area contributed by atoms with Crippen molar-refractivity contribution in [3.8, 4) is 0 Å². The molecule has 0 spiro atoms. The van der Waals surface area contributed by atoms with Crippen LogP contribution < -0.4 is 5.32 Å². The van der Waals surface area contributed by atoms with Crippen LogP contribution in [0.25, 0.3) is 0 Å². The maximum absolute atomic E-state index is 13.2. The third kappa shape index (κ3) is 4.03. The molecule has 0 amide bonds. The van der Waals surface area contributed by atoms with Crippen molar-refractivity contribution in [2.75, 3.05) is 11.9 Å². The first-order valence-electron chi connectivity index (χ1n) is 6.18. The van der Waals surface area contributed by atoms with Crippen LogP contribution in [0.4, 0.5) is 10.1 Å². The Hall–Kier alpha value is -1.95. The molecule has 0 aliphatic carbocycles. The Labute approximate surface area is 111 Å². The summed E-state index contributed by atoms with van der Waals surface area (Å²) in [4.78, 5) is 0. The summed E-state index contributed by atoms with van der Waals surface area (Å²) >= 11 is 0. The maximum Gasteiger partial charge on any atom is 0.125 e. The summed E-state index contributed by atoms with van der Waals surface area (Å²) in [6.07, 6.45) is 2.47. The summed E-state index contributed by atoms with van der Waals surface area (Å²) in [6.45, 7) is 3.11. The Kier molecular flexibility index (Phi) is 4.46. The van der Waals surface area contributed by atoms with Crippen molar-refractivity contribution in [2.24, 2.45) is 0 Å². The highest BCUT2D eigenvalue weighted by Gasteiger charge is 2.02. The SMILES string of the molecule is Cc1cc(F)cc(NCc2cn(CCCO)nn2)c1. The van der Waals surface area contributed by atoms with Crippen molar-refractivity contribution < 1.29 is 9.50 Å². The lowest BCUT2D eigenvalue weighted by Crippen LogP contribution is -2.01. The van der Waals surface area contributed by atoms with E-state index < -0.39 is 0 Å². The standard InChI is InChI=1S/C13H17FN4O/c1-10-5-11(14)7-12(6-10)15-8-13-9-18(17-16-13)3-2-4-19/h5-7,9,15,19H,2-4,8H2,1H3. The predicted molar refractivity (Wildman–Crippen MR) is 70.2 cm³/mol. The van der Waals surface area contributed by atoms with Gasteiger partial charge in [-0.2, -0.15) is 0 Å². The Morgan fingerprint density at radius 2 is 2.21 bits per heavy atom. The fraction of sp³-hybridized carbons (Fsp3) is 0.385. The minimum atomic E-state index is -0.255. The van der Waals surface area contributed by atoms with Gasteiger partial charge in [-0.05, 0) is 37.1 Å². The zero-order chi connectivity index (χ0) is 13.7. The Bertz CT molecular complexity index is 521. The molecule has 0 bridgehead atoms. The molecule has 0 saturated carbocycles. The zero-order valence-corrected chi connectivity index (χ0v) is 10.8. The number of aromatic nitrogens is 3. The smallest absolute Gasteiger partial charge is 0.125 e. The zero-order valence-electron chi connectivity index (χ0n) is 10.8. The van der Waals surface area contributed by atoms with Gasteiger partial charge in [0.1, 0.15) is 11.5 Å². The number of rotatable bonds is 6. The van der Waals surface area contributed by atoms with E-state index in [1.54, 1.807) is 4.68 Å². The molecule has 0 aliphatic heterocycles. The summed E-state index contributed by atoms with van der Waals surface area (Å²) < 4.78 is 14.9. The molecule has 2 aromatic rings. The first-order valence-corrected chi connectivity index (χ1v) is 6.18. The summed E-state index contributed by atoms with van der Waals surface area (Å²) in [7, 11) is 0. The number of nitrogens with zero attached hydrogens (tertiary/aromatic N) is 3. The molecule has 0 unspecified atom stereocenters. The van der Waals surface area contributed by atoms with Gasteiger partial charge < -0.3 is 10.4 Å². The number of hydrogen-bond donors (Lipinski definition) is 2. The summed E-state index contributed by atoms with van der Waals surface area (Å²) in [6, 6.07) is 4.80. The topological polar surface area (TPSA) is 63.0 Å². The number of benzene rings is 1. The van der Waals surface area contributed by atoms with E-state index >= 15 is 0 Å². The van der Waals surface area contributed by atoms with Gasteiger partial charge in [-0.1, -0.05) is 5.21 Å². The number of aliphatic hydroxyl groups is 1. The van der Waals surface area contributed by atoms with Gasteiger partial charge in [-0.15, -0.1) is 5.10 Å². The van der Waals surface area contributed by atoms with E-state index in [0.717, 1.165) is 16.9 Å². The lowest BCUT2D eigenvalue weighted by atomic mass is 10.2. The average molecular weight is 264 g/mol. The summed E-state index contributed by atoms with van der Waals surface area (Å²) in [5, 5.41) is 19.8. The first kappa shape index (κ1) is 13.5. The second-order valence-corrected chi connectivity index (χ2v) is 4.42. The van der Waals surface area contributed by atoms with Gasteiger partial charge in [0.05, 0.1) is 12.7 Å². The highest BCUT2D eigenvalue weighted by Crippen LogP contribution is 2.13. The molecular formula is C13H17FN4O. The molecule has 2 N–H and O–H groups in total. The van der Waals surface area contributed by atoms with Crippen molar-refractivity contribution in [3.05, 3.63) is 41.5 Å². The van der Waals surface area contributed by atoms with E-state index in [1.807, 2.05) is 19.2 Å². The Morgan fingerprint density at radius 1 is 1.37 bits per heavy atom. The molecule has 1 heterocycles. The van der Waals surface area contributed by atoms with Crippen LogP contribution in [0.3, 0.4) is 0 Å². The van der Waals surface area contributed by atoms with Gasteiger partial charge in [0, 0.05) is 18.8 Å². The molecule has 0 atom stereocenters. The lowest BCUT2D eigenvalue weighted by molar-refractivity contribution is 0.276. The Morgan fingerprint density at radius 3 is 2.95 bits per heavy atom. The number of aryl methyl sites for hydroxylation is 2. The van der Waals surface area contributed by atoms with Crippen molar-refractivity contribution in [1.82, 2.24) is 15.0 Å². The molecule has 0 saturated heterocycles. The molecule has 0 aliphatic rings. The molecule has 102 valence electrons. The van der Waals surface area contributed by atoms with E-state index in [1.165, 1.54) is 12.1 Å². The van der Waals surface area contributed by atoms with Gasteiger partial charge >= 0.3 is 0 Å². The molecule has 1 aromatic heterocycles. The van der Waals surface area contributed by atoms with Gasteiger partial charge in [0.2, 0.25) is 0 Å². The highest BCUT2D eigenvalue weighted by molar-refractivity contribution is 5.46. The van der Waals surface area contributed by atoms with E-state index in [4.69, 9.17) is 5.11 Å². The number of aliphatic hydroxyl groups excluding tert-OH is 1. The van der Waals surface area contributed by atoms with Crippen LogP contribution >= 0.6 is 0 Å². The lowest BCUT2D eigenvalue weighted by Gasteiger charge is -2.05. The fourth-order valence-electron chi connectivity index (χ4n) is 1.79. The van der Waals surface area contributed by atoms with Gasteiger partial charge in [0.15, 0.2) is 0 Å². The monoisotopic (exact) mass is 264 g/mol. The Balaban J connectivity index is 1.92. The molecule has 5 nitrogen and oxygen atoms in total. The van der Waals surface area contributed by atoms with E-state index in [2.05, 4.69) is 15.6 Å². The maximum atomic E-state index is 13.2. The normalized spacial score (nSPS) is 10.7. The number of anilines is 1. The third-order valence-electron chi connectivity index (χ3n) is 2.65. The third-order valence-corrected chi connectivity index (χ3v) is 2.65. The van der Waals surface area contributed by atoms with E-state index in [0.29, 0.717) is 19.5 Å². The second-order valence-electron chi connectivity index (χ2n) is 4.42. The average Bonchev–Trinajstić information content (AvgIpc) is 2.81. The quantitative estimate of drug-likeness (QED) is 0.834. The van der Waals surface area contributed by atoms with Crippen molar-refractivity contribution in [1.29, 1.82) is 0 Å². The summed E-state index contributed by atoms with van der Waals surface area (Å²) in [5.74, 6) is -0.255. The minimum absolute atomic E-state index is 0.135. The highest BCUT2D eigenvalue weighted by atomic mass is 19.1. The largest absolute Gasteiger partial charge is 0.396 e. The van der Waals surface area contributed by atoms with Crippen molar-refractivity contribution in [3.63, 3.8) is 0 Å². The van der Waals surface area contributed by atoms with Gasteiger partial charge in [-0.25, -0.2) is 4.39 Å². The second kappa shape index (κ2) is 6.29. The van der Waals surface area contributed by atoms with Gasteiger partial charge in [-0.3, -0.25) is 4.68 Å². The molecule has 2 rings (SSSR count). The minimum Gasteiger partial charge on any atom is -0.396 e. The number of hydrogen-bond acceptors (Lipinski definition) is 4. The summed E-state index contributed by atoms with van der Waals surface area (Å²) in [5.41, 5.74) is 2.37. The van der Waals surface area contributed by atoms with E-state index in [-0.39, 0.29) is 12.4 Å². The van der Waals surface area contributed by atoms with Crippen LogP contribution in [0.5, 0.6) is 0 Å². The molecule has 1 aromatic carbocycles. The van der Waals surface area contributed by atoms with Crippen LogP contribution in [0.1, 0.15) is 17.7 Å². The van der Waals surface area contributed by atoms with Crippen LogP contribution in [-0.2, 0) is 13.1 Å². The molecule has 0 fully saturated rings. The number of nitrogens with one attached hydrogen (secondary N) is 1. The van der Waals surface area contributed by atoms with Crippen LogP contribution in [0.15, 0.2) is 24.4 Å². The molecule has 19 heavy (non-hydrogen) atoms. The van der Waals surface area contributed by atoms with Crippen LogP contribution in [0.2, 0.25) is 0 Å². The van der Waals surface area contributed by atoms with Gasteiger partial charge in [0.25, 0.3) is 0 Å². The van der Waals surface area contributed by atoms with Crippen molar-refractivity contribution in [2.45, 2.75) is 26.4 Å². The first-order chi connectivity index (χ1) is 9.17. The fourth-order valence-corrected chi connectivity index (χ4v) is 1.79. The van der Waals surface area contributed by atoms with Crippen LogP contribution in [0, 0.1) is 12.7 Å². The van der Waals surface area contributed by atoms with Crippen molar-refractivity contribution >= 4 is 5.69 Å². The number of halogens is 1. The van der Waals surface area contributed by atoms with Crippen LogP contribution in [-0.4, -0.2) is 26.7 Å². The van der Waals surface area contributed by atoms with E-state index in [9.17, 15) is 4.39 Å². The molecule has 6 heteroatoms. The molecule has 0 radical (unpaired) electrons.